The third-order valence-electron chi connectivity index (χ3n) is 5.10. The van der Waals surface area contributed by atoms with E-state index < -0.39 is 0 Å². The quantitative estimate of drug-likeness (QED) is 0.796. The fraction of sp³-hybridized carbons (Fsp3) is 0.455. The van der Waals surface area contributed by atoms with Gasteiger partial charge in [0.15, 0.2) is 0 Å². The highest BCUT2D eigenvalue weighted by molar-refractivity contribution is 5.95. The summed E-state index contributed by atoms with van der Waals surface area (Å²) in [6.45, 7) is 5.59. The summed E-state index contributed by atoms with van der Waals surface area (Å²) in [5.41, 5.74) is 2.70. The molecule has 6 heteroatoms. The molecule has 1 saturated heterocycles. The zero-order valence-electron chi connectivity index (χ0n) is 16.9. The van der Waals surface area contributed by atoms with Gasteiger partial charge in [-0.3, -0.25) is 14.7 Å². The third kappa shape index (κ3) is 5.45. The van der Waals surface area contributed by atoms with Crippen LogP contribution in [0.15, 0.2) is 36.4 Å². The van der Waals surface area contributed by atoms with Crippen molar-refractivity contribution >= 4 is 5.91 Å². The predicted octanol–water partition coefficient (Wildman–Crippen LogP) is 3.05. The molecule has 2 aromatic rings. The monoisotopic (exact) mass is 383 g/mol. The van der Waals surface area contributed by atoms with Crippen molar-refractivity contribution in [2.75, 3.05) is 33.9 Å². The Kier molecular flexibility index (Phi) is 6.87. The molecule has 0 saturated carbocycles. The van der Waals surface area contributed by atoms with E-state index in [1.54, 1.807) is 32.4 Å². The normalized spacial score (nSPS) is 17.2. The van der Waals surface area contributed by atoms with Gasteiger partial charge in [-0.15, -0.1) is 0 Å². The topological polar surface area (TPSA) is 63.7 Å². The van der Waals surface area contributed by atoms with Gasteiger partial charge >= 0.3 is 0 Å². The molecule has 1 unspecified atom stereocenters. The number of carbonyl (C=O) groups excluding carboxylic acids is 1. The lowest BCUT2D eigenvalue weighted by Gasteiger charge is -2.32. The van der Waals surface area contributed by atoms with Gasteiger partial charge in [0, 0.05) is 37.0 Å². The second-order valence-corrected chi connectivity index (χ2v) is 7.33. The van der Waals surface area contributed by atoms with E-state index in [2.05, 4.69) is 27.3 Å². The number of nitrogens with one attached hydrogen (secondary N) is 1. The molecule has 1 atom stereocenters. The number of hydrogen-bond donors (Lipinski definition) is 1. The van der Waals surface area contributed by atoms with Crippen LogP contribution in [0.4, 0.5) is 0 Å². The van der Waals surface area contributed by atoms with Crippen molar-refractivity contribution in [1.29, 1.82) is 0 Å². The van der Waals surface area contributed by atoms with E-state index in [9.17, 15) is 4.79 Å². The maximum Gasteiger partial charge on any atom is 0.251 e. The highest BCUT2D eigenvalue weighted by Crippen LogP contribution is 2.23. The number of aromatic nitrogens is 1. The summed E-state index contributed by atoms with van der Waals surface area (Å²) >= 11 is 0. The lowest BCUT2D eigenvalue weighted by molar-refractivity contribution is 0.0929. The molecule has 0 aliphatic carbocycles. The van der Waals surface area contributed by atoms with Crippen molar-refractivity contribution in [3.63, 3.8) is 0 Å². The first-order valence-corrected chi connectivity index (χ1v) is 9.73. The van der Waals surface area contributed by atoms with Crippen molar-refractivity contribution in [2.45, 2.75) is 26.3 Å². The number of likely N-dealkylation sites (tertiary alicyclic amines) is 1. The first-order chi connectivity index (χ1) is 13.6. The summed E-state index contributed by atoms with van der Waals surface area (Å²) in [5, 5.41) is 3.07. The molecule has 1 aliphatic heterocycles. The third-order valence-corrected chi connectivity index (χ3v) is 5.10. The van der Waals surface area contributed by atoms with Crippen molar-refractivity contribution in [1.82, 2.24) is 15.2 Å². The number of hydrogen-bond acceptors (Lipinski definition) is 5. The van der Waals surface area contributed by atoms with Crippen molar-refractivity contribution < 1.29 is 14.3 Å². The van der Waals surface area contributed by atoms with Gasteiger partial charge in [0.25, 0.3) is 5.91 Å². The van der Waals surface area contributed by atoms with Crippen molar-refractivity contribution in [3.05, 3.63) is 53.3 Å². The summed E-state index contributed by atoms with van der Waals surface area (Å²) < 4.78 is 10.5. The second-order valence-electron chi connectivity index (χ2n) is 7.33. The molecule has 3 rings (SSSR count). The minimum absolute atomic E-state index is 0.102. The predicted molar refractivity (Wildman–Crippen MR) is 109 cm³/mol. The lowest BCUT2D eigenvalue weighted by atomic mass is 9.97. The lowest BCUT2D eigenvalue weighted by Crippen LogP contribution is -2.40. The van der Waals surface area contributed by atoms with Gasteiger partial charge < -0.3 is 14.8 Å². The van der Waals surface area contributed by atoms with E-state index in [4.69, 9.17) is 9.47 Å². The molecule has 0 bridgehead atoms. The number of piperidine rings is 1. The zero-order chi connectivity index (χ0) is 19.9. The average molecular weight is 383 g/mol. The number of ether oxygens (including phenoxy) is 2. The van der Waals surface area contributed by atoms with Crippen molar-refractivity contribution in [3.8, 4) is 11.5 Å². The Balaban J connectivity index is 1.54. The minimum Gasteiger partial charge on any atom is -0.497 e. The number of amides is 1. The van der Waals surface area contributed by atoms with Gasteiger partial charge in [-0.05, 0) is 56.5 Å². The molecular formula is C22H29N3O3. The first kappa shape index (κ1) is 20.1. The van der Waals surface area contributed by atoms with E-state index in [0.717, 1.165) is 43.9 Å². The molecule has 1 N–H and O–H groups in total. The summed E-state index contributed by atoms with van der Waals surface area (Å²) in [4.78, 5) is 19.6. The minimum atomic E-state index is -0.102. The molecule has 0 radical (unpaired) electrons. The summed E-state index contributed by atoms with van der Waals surface area (Å²) in [6.07, 6.45) is 2.26. The van der Waals surface area contributed by atoms with Crippen LogP contribution in [0.25, 0.3) is 0 Å². The van der Waals surface area contributed by atoms with Gasteiger partial charge in [-0.1, -0.05) is 6.07 Å². The molecule has 6 nitrogen and oxygen atoms in total. The number of rotatable bonds is 7. The Morgan fingerprint density at radius 2 is 1.96 bits per heavy atom. The maximum atomic E-state index is 12.6. The number of benzene rings is 1. The molecule has 28 heavy (non-hydrogen) atoms. The van der Waals surface area contributed by atoms with Crippen LogP contribution in [0.1, 0.15) is 34.6 Å². The standard InChI is InChI=1S/C22H29N3O3/c1-16-6-4-8-19(24-16)15-25-9-5-7-17(14-25)13-23-22(26)18-10-20(27-2)12-21(11-18)28-3/h4,6,8,10-12,17H,5,7,9,13-15H2,1-3H3,(H,23,26). The van der Waals surface area contributed by atoms with Crippen LogP contribution in [0.3, 0.4) is 0 Å². The largest absolute Gasteiger partial charge is 0.497 e. The molecular weight excluding hydrogens is 354 g/mol. The Morgan fingerprint density at radius 1 is 1.21 bits per heavy atom. The van der Waals surface area contributed by atoms with Crippen LogP contribution in [-0.4, -0.2) is 49.6 Å². The average Bonchev–Trinajstić information content (AvgIpc) is 2.72. The second kappa shape index (κ2) is 9.55. The molecule has 1 fully saturated rings. The number of aryl methyl sites for hydroxylation is 1. The molecule has 1 aromatic heterocycles. The molecule has 0 spiro atoms. The summed E-state index contributed by atoms with van der Waals surface area (Å²) in [6, 6.07) is 11.4. The Bertz CT molecular complexity index is 787. The molecule has 2 heterocycles. The van der Waals surface area contributed by atoms with Crippen LogP contribution < -0.4 is 14.8 Å². The number of methoxy groups -OCH3 is 2. The zero-order valence-corrected chi connectivity index (χ0v) is 16.9. The van der Waals surface area contributed by atoms with Crippen LogP contribution in [0.5, 0.6) is 11.5 Å². The highest BCUT2D eigenvalue weighted by Gasteiger charge is 2.21. The Hall–Kier alpha value is -2.60. The fourth-order valence-corrected chi connectivity index (χ4v) is 3.66. The molecule has 1 aromatic carbocycles. The van der Waals surface area contributed by atoms with Crippen LogP contribution >= 0.6 is 0 Å². The van der Waals surface area contributed by atoms with Crippen molar-refractivity contribution in [2.24, 2.45) is 5.92 Å². The first-order valence-electron chi connectivity index (χ1n) is 9.73. The van der Waals surface area contributed by atoms with Crippen LogP contribution in [0, 0.1) is 12.8 Å². The van der Waals surface area contributed by atoms with E-state index >= 15 is 0 Å². The van der Waals surface area contributed by atoms with Crippen LogP contribution in [0.2, 0.25) is 0 Å². The van der Waals surface area contributed by atoms with E-state index in [0.29, 0.717) is 29.5 Å². The number of pyridine rings is 1. The molecule has 150 valence electrons. The molecule has 1 amide bonds. The Labute approximate surface area is 166 Å². The molecule has 1 aliphatic rings. The van der Waals surface area contributed by atoms with Crippen LogP contribution in [-0.2, 0) is 6.54 Å². The summed E-state index contributed by atoms with van der Waals surface area (Å²) in [7, 11) is 3.16. The van der Waals surface area contributed by atoms with Gasteiger partial charge in [0.1, 0.15) is 11.5 Å². The van der Waals surface area contributed by atoms with Gasteiger partial charge in [0.2, 0.25) is 0 Å². The van der Waals surface area contributed by atoms with Gasteiger partial charge in [-0.25, -0.2) is 0 Å². The van der Waals surface area contributed by atoms with Gasteiger partial charge in [0.05, 0.1) is 19.9 Å². The fourth-order valence-electron chi connectivity index (χ4n) is 3.66. The maximum absolute atomic E-state index is 12.6. The number of nitrogens with zero attached hydrogens (tertiary/aromatic N) is 2. The van der Waals surface area contributed by atoms with E-state index in [1.807, 2.05) is 13.0 Å². The smallest absolute Gasteiger partial charge is 0.251 e. The SMILES string of the molecule is COc1cc(OC)cc(C(=O)NCC2CCCN(Cc3cccc(C)n3)C2)c1. The number of carbonyl (C=O) groups is 1. The van der Waals surface area contributed by atoms with E-state index in [1.165, 1.54) is 0 Å². The Morgan fingerprint density at radius 3 is 2.64 bits per heavy atom. The van der Waals surface area contributed by atoms with Gasteiger partial charge in [-0.2, -0.15) is 0 Å². The van der Waals surface area contributed by atoms with E-state index in [-0.39, 0.29) is 5.91 Å². The highest BCUT2D eigenvalue weighted by atomic mass is 16.5. The summed E-state index contributed by atoms with van der Waals surface area (Å²) in [5.74, 6) is 1.56.